The Hall–Kier alpha value is -1.32. The monoisotopic (exact) mass is 193 g/mol. The molecule has 0 saturated carbocycles. The number of rotatable bonds is 2. The molecule has 1 amide bonds. The zero-order valence-corrected chi connectivity index (χ0v) is 8.39. The normalized spacial score (nSPS) is 18.5. The molecule has 76 valence electrons. The third kappa shape index (κ3) is 1.64. The van der Waals surface area contributed by atoms with Crippen molar-refractivity contribution in [3.8, 4) is 0 Å². The molecule has 0 aliphatic carbocycles. The standard InChI is InChI=1S/C10H15N3O/c1-9(13-8-4-5-11-13)10(14)12-6-2-3-7-12/h4-5,8-9H,2-3,6-7H2,1H3. The number of carbonyl (C=O) groups is 1. The second kappa shape index (κ2) is 3.82. The van der Waals surface area contributed by atoms with Crippen LogP contribution in [0.4, 0.5) is 0 Å². The molecule has 0 N–H and O–H groups in total. The van der Waals surface area contributed by atoms with E-state index in [4.69, 9.17) is 0 Å². The molecule has 0 aromatic carbocycles. The van der Waals surface area contributed by atoms with Crippen LogP contribution in [0.15, 0.2) is 18.5 Å². The molecule has 1 aliphatic heterocycles. The maximum absolute atomic E-state index is 11.9. The third-order valence-electron chi connectivity index (χ3n) is 2.70. The minimum absolute atomic E-state index is 0.164. The first kappa shape index (κ1) is 9.24. The van der Waals surface area contributed by atoms with Crippen LogP contribution >= 0.6 is 0 Å². The molecule has 1 aromatic rings. The van der Waals surface area contributed by atoms with Crippen LogP contribution in [-0.4, -0.2) is 33.7 Å². The lowest BCUT2D eigenvalue weighted by atomic mass is 10.3. The molecule has 4 nitrogen and oxygen atoms in total. The number of hydrogen-bond acceptors (Lipinski definition) is 2. The summed E-state index contributed by atoms with van der Waals surface area (Å²) in [5.74, 6) is 0.186. The summed E-state index contributed by atoms with van der Waals surface area (Å²) < 4.78 is 1.71. The zero-order chi connectivity index (χ0) is 9.97. The van der Waals surface area contributed by atoms with Gasteiger partial charge in [-0.2, -0.15) is 5.10 Å². The fraction of sp³-hybridized carbons (Fsp3) is 0.600. The summed E-state index contributed by atoms with van der Waals surface area (Å²) in [6, 6.07) is 1.68. The van der Waals surface area contributed by atoms with Crippen molar-refractivity contribution < 1.29 is 4.79 Å². The Labute approximate surface area is 83.5 Å². The van der Waals surface area contributed by atoms with E-state index in [9.17, 15) is 4.79 Å². The average Bonchev–Trinajstić information content (AvgIpc) is 2.87. The molecule has 2 heterocycles. The highest BCUT2D eigenvalue weighted by Crippen LogP contribution is 2.14. The van der Waals surface area contributed by atoms with Crippen molar-refractivity contribution in [1.29, 1.82) is 0 Å². The molecule has 1 aliphatic rings. The van der Waals surface area contributed by atoms with Gasteiger partial charge in [0, 0.05) is 25.5 Å². The second-order valence-corrected chi connectivity index (χ2v) is 3.69. The molecule has 0 bridgehead atoms. The Kier molecular flexibility index (Phi) is 2.52. The Morgan fingerprint density at radius 1 is 1.43 bits per heavy atom. The van der Waals surface area contributed by atoms with Gasteiger partial charge in [-0.3, -0.25) is 9.48 Å². The lowest BCUT2D eigenvalue weighted by molar-refractivity contribution is -0.133. The Balaban J connectivity index is 2.04. The largest absolute Gasteiger partial charge is 0.341 e. The molecular weight excluding hydrogens is 178 g/mol. The summed E-state index contributed by atoms with van der Waals surface area (Å²) in [4.78, 5) is 13.8. The van der Waals surface area contributed by atoms with Gasteiger partial charge in [0.25, 0.3) is 0 Å². The van der Waals surface area contributed by atoms with Gasteiger partial charge in [-0.05, 0) is 25.8 Å². The van der Waals surface area contributed by atoms with E-state index < -0.39 is 0 Å². The molecular formula is C10H15N3O. The first-order chi connectivity index (χ1) is 6.79. The van der Waals surface area contributed by atoms with Crippen LogP contribution < -0.4 is 0 Å². The van der Waals surface area contributed by atoms with Crippen molar-refractivity contribution in [2.75, 3.05) is 13.1 Å². The smallest absolute Gasteiger partial charge is 0.247 e. The molecule has 4 heteroatoms. The predicted molar refractivity (Wildman–Crippen MR) is 52.8 cm³/mol. The average molecular weight is 193 g/mol. The van der Waals surface area contributed by atoms with Gasteiger partial charge in [-0.25, -0.2) is 0 Å². The number of likely N-dealkylation sites (tertiary alicyclic amines) is 1. The SMILES string of the molecule is CC(C(=O)N1CCCC1)n1cccn1. The fourth-order valence-corrected chi connectivity index (χ4v) is 1.82. The van der Waals surface area contributed by atoms with Crippen molar-refractivity contribution in [1.82, 2.24) is 14.7 Å². The minimum atomic E-state index is -0.164. The van der Waals surface area contributed by atoms with Crippen LogP contribution in [0.25, 0.3) is 0 Å². The fourth-order valence-electron chi connectivity index (χ4n) is 1.82. The molecule has 2 rings (SSSR count). The predicted octanol–water partition coefficient (Wildman–Crippen LogP) is 1.07. The van der Waals surface area contributed by atoms with Gasteiger partial charge in [0.2, 0.25) is 5.91 Å². The summed E-state index contributed by atoms with van der Waals surface area (Å²) in [5, 5.41) is 4.08. The van der Waals surface area contributed by atoms with Crippen molar-refractivity contribution in [3.63, 3.8) is 0 Å². The Morgan fingerprint density at radius 3 is 2.71 bits per heavy atom. The van der Waals surface area contributed by atoms with E-state index in [0.717, 1.165) is 25.9 Å². The molecule has 14 heavy (non-hydrogen) atoms. The molecule has 1 aromatic heterocycles. The highest BCUT2D eigenvalue weighted by Gasteiger charge is 2.24. The Morgan fingerprint density at radius 2 is 2.14 bits per heavy atom. The van der Waals surface area contributed by atoms with Crippen molar-refractivity contribution in [3.05, 3.63) is 18.5 Å². The van der Waals surface area contributed by atoms with Gasteiger partial charge >= 0.3 is 0 Å². The number of aromatic nitrogens is 2. The van der Waals surface area contributed by atoms with Crippen LogP contribution in [-0.2, 0) is 4.79 Å². The van der Waals surface area contributed by atoms with E-state index >= 15 is 0 Å². The van der Waals surface area contributed by atoms with Gasteiger partial charge in [-0.15, -0.1) is 0 Å². The molecule has 1 atom stereocenters. The first-order valence-electron chi connectivity index (χ1n) is 5.07. The van der Waals surface area contributed by atoms with E-state index in [1.54, 1.807) is 10.9 Å². The van der Waals surface area contributed by atoms with Crippen LogP contribution in [0.5, 0.6) is 0 Å². The topological polar surface area (TPSA) is 38.1 Å². The molecule has 1 saturated heterocycles. The van der Waals surface area contributed by atoms with Crippen LogP contribution in [0, 0.1) is 0 Å². The van der Waals surface area contributed by atoms with Crippen LogP contribution in [0.3, 0.4) is 0 Å². The minimum Gasteiger partial charge on any atom is -0.341 e. The number of carbonyl (C=O) groups excluding carboxylic acids is 1. The quantitative estimate of drug-likeness (QED) is 0.704. The van der Waals surface area contributed by atoms with Crippen molar-refractivity contribution in [2.24, 2.45) is 0 Å². The maximum Gasteiger partial charge on any atom is 0.247 e. The molecule has 1 fully saturated rings. The van der Waals surface area contributed by atoms with E-state index in [-0.39, 0.29) is 11.9 Å². The van der Waals surface area contributed by atoms with Crippen molar-refractivity contribution >= 4 is 5.91 Å². The lowest BCUT2D eigenvalue weighted by Gasteiger charge is -2.20. The van der Waals surface area contributed by atoms with Gasteiger partial charge in [0.1, 0.15) is 6.04 Å². The zero-order valence-electron chi connectivity index (χ0n) is 8.39. The lowest BCUT2D eigenvalue weighted by Crippen LogP contribution is -2.34. The van der Waals surface area contributed by atoms with E-state index in [2.05, 4.69) is 5.10 Å². The summed E-state index contributed by atoms with van der Waals surface area (Å²) in [7, 11) is 0. The summed E-state index contributed by atoms with van der Waals surface area (Å²) in [6.45, 7) is 3.71. The third-order valence-corrected chi connectivity index (χ3v) is 2.70. The summed E-state index contributed by atoms with van der Waals surface area (Å²) >= 11 is 0. The molecule has 1 unspecified atom stereocenters. The van der Waals surface area contributed by atoms with Gasteiger partial charge in [-0.1, -0.05) is 0 Å². The van der Waals surface area contributed by atoms with Crippen LogP contribution in [0.2, 0.25) is 0 Å². The number of amides is 1. The highest BCUT2D eigenvalue weighted by molar-refractivity contribution is 5.80. The molecule has 0 radical (unpaired) electrons. The van der Waals surface area contributed by atoms with Gasteiger partial charge in [0.05, 0.1) is 0 Å². The number of nitrogens with zero attached hydrogens (tertiary/aromatic N) is 3. The van der Waals surface area contributed by atoms with E-state index in [1.807, 2.05) is 24.1 Å². The van der Waals surface area contributed by atoms with E-state index in [0.29, 0.717) is 0 Å². The van der Waals surface area contributed by atoms with Gasteiger partial charge < -0.3 is 4.90 Å². The van der Waals surface area contributed by atoms with Gasteiger partial charge in [0.15, 0.2) is 0 Å². The first-order valence-corrected chi connectivity index (χ1v) is 5.07. The van der Waals surface area contributed by atoms with Crippen LogP contribution in [0.1, 0.15) is 25.8 Å². The molecule has 0 spiro atoms. The number of hydrogen-bond donors (Lipinski definition) is 0. The summed E-state index contributed by atoms with van der Waals surface area (Å²) in [5.41, 5.74) is 0. The van der Waals surface area contributed by atoms with E-state index in [1.165, 1.54) is 0 Å². The summed E-state index contributed by atoms with van der Waals surface area (Å²) in [6.07, 6.45) is 5.81. The maximum atomic E-state index is 11.9. The Bertz CT molecular complexity index is 301. The van der Waals surface area contributed by atoms with Crippen molar-refractivity contribution in [2.45, 2.75) is 25.8 Å². The highest BCUT2D eigenvalue weighted by atomic mass is 16.2. The second-order valence-electron chi connectivity index (χ2n) is 3.69.